The van der Waals surface area contributed by atoms with Crippen LogP contribution >= 0.6 is 0 Å². The molecule has 0 N–H and O–H groups in total. The summed E-state index contributed by atoms with van der Waals surface area (Å²) in [6, 6.07) is 13.4. The zero-order valence-corrected chi connectivity index (χ0v) is 14.1. The Kier molecular flexibility index (Phi) is 4.59. The lowest BCUT2D eigenvalue weighted by atomic mass is 10.1. The smallest absolute Gasteiger partial charge is 0.316 e. The van der Waals surface area contributed by atoms with Crippen LogP contribution in [0.2, 0.25) is 0 Å². The highest BCUT2D eigenvalue weighted by Crippen LogP contribution is 2.22. The van der Waals surface area contributed by atoms with Crippen LogP contribution in [0.15, 0.2) is 59.4 Å². The molecule has 7 heteroatoms. The van der Waals surface area contributed by atoms with Gasteiger partial charge in [-0.3, -0.25) is 4.79 Å². The lowest BCUT2D eigenvalue weighted by Crippen LogP contribution is -2.42. The minimum absolute atomic E-state index is 0.0126. The van der Waals surface area contributed by atoms with Crippen molar-refractivity contribution in [2.24, 2.45) is 0 Å². The first kappa shape index (κ1) is 16.3. The third-order valence-electron chi connectivity index (χ3n) is 4.33. The molecule has 1 aliphatic rings. The maximum Gasteiger partial charge on any atom is 0.316 e. The fourth-order valence-electron chi connectivity index (χ4n) is 2.95. The van der Waals surface area contributed by atoms with Crippen molar-refractivity contribution in [3.63, 3.8) is 0 Å². The van der Waals surface area contributed by atoms with Gasteiger partial charge in [-0.1, -0.05) is 35.5 Å². The Morgan fingerprint density at radius 2 is 1.81 bits per heavy atom. The Hall–Kier alpha value is -3.22. The second-order valence-corrected chi connectivity index (χ2v) is 6.08. The fraction of sp³-hybridized carbons (Fsp3) is 0.263. The Morgan fingerprint density at radius 3 is 2.54 bits per heavy atom. The molecule has 1 amide bonds. The molecule has 3 heterocycles. The zero-order valence-electron chi connectivity index (χ0n) is 14.1. The summed E-state index contributed by atoms with van der Waals surface area (Å²) in [5, 5.41) is 3.94. The van der Waals surface area contributed by atoms with Gasteiger partial charge in [0.05, 0.1) is 0 Å². The van der Waals surface area contributed by atoms with Crippen molar-refractivity contribution in [1.29, 1.82) is 0 Å². The molecule has 2 aromatic heterocycles. The van der Waals surface area contributed by atoms with Gasteiger partial charge in [0, 0.05) is 50.0 Å². The van der Waals surface area contributed by atoms with Crippen LogP contribution in [0, 0.1) is 0 Å². The number of benzene rings is 1. The maximum absolute atomic E-state index is 12.6. The maximum atomic E-state index is 12.6. The molecule has 7 nitrogen and oxygen atoms in total. The highest BCUT2D eigenvalue weighted by molar-refractivity contribution is 5.93. The van der Waals surface area contributed by atoms with E-state index in [9.17, 15) is 4.79 Å². The van der Waals surface area contributed by atoms with Gasteiger partial charge in [-0.15, -0.1) is 0 Å². The second kappa shape index (κ2) is 7.35. The van der Waals surface area contributed by atoms with E-state index < -0.39 is 0 Å². The van der Waals surface area contributed by atoms with Gasteiger partial charge in [-0.25, -0.2) is 9.97 Å². The van der Waals surface area contributed by atoms with Crippen molar-refractivity contribution >= 4 is 5.91 Å². The lowest BCUT2D eigenvalue weighted by Gasteiger charge is -2.31. The van der Waals surface area contributed by atoms with Gasteiger partial charge >= 0.3 is 6.01 Å². The molecule has 0 radical (unpaired) electrons. The predicted octanol–water partition coefficient (Wildman–Crippen LogP) is 2.82. The van der Waals surface area contributed by atoms with E-state index in [0.717, 1.165) is 18.4 Å². The number of nitrogens with zero attached hydrogens (tertiary/aromatic N) is 4. The molecule has 0 unspecified atom stereocenters. The van der Waals surface area contributed by atoms with E-state index in [1.54, 1.807) is 29.4 Å². The lowest BCUT2D eigenvalue weighted by molar-refractivity contribution is 0.0570. The van der Waals surface area contributed by atoms with Crippen LogP contribution < -0.4 is 4.74 Å². The Bertz CT molecular complexity index is 859. The molecule has 0 spiro atoms. The van der Waals surface area contributed by atoms with E-state index in [1.807, 2.05) is 30.3 Å². The van der Waals surface area contributed by atoms with Crippen LogP contribution in [0.1, 0.15) is 23.3 Å². The molecule has 1 aromatic carbocycles. The molecular weight excluding hydrogens is 332 g/mol. The molecular formula is C19H18N4O3. The quantitative estimate of drug-likeness (QED) is 0.720. The highest BCUT2D eigenvalue weighted by atomic mass is 16.5. The average Bonchev–Trinajstić information content (AvgIpc) is 3.20. The van der Waals surface area contributed by atoms with Gasteiger partial charge in [0.25, 0.3) is 5.91 Å². The number of rotatable bonds is 4. The van der Waals surface area contributed by atoms with E-state index >= 15 is 0 Å². The largest absolute Gasteiger partial charge is 0.460 e. The molecule has 4 rings (SSSR count). The Balaban J connectivity index is 1.36. The number of ether oxygens (including phenoxy) is 1. The molecule has 132 valence electrons. The van der Waals surface area contributed by atoms with Gasteiger partial charge in [0.1, 0.15) is 6.10 Å². The highest BCUT2D eigenvalue weighted by Gasteiger charge is 2.27. The predicted molar refractivity (Wildman–Crippen MR) is 93.5 cm³/mol. The van der Waals surface area contributed by atoms with Crippen LogP contribution in [-0.4, -0.2) is 45.1 Å². The number of piperidine rings is 1. The van der Waals surface area contributed by atoms with Crippen molar-refractivity contribution < 1.29 is 14.1 Å². The summed E-state index contributed by atoms with van der Waals surface area (Å²) in [4.78, 5) is 22.6. The molecule has 0 bridgehead atoms. The first-order valence-corrected chi connectivity index (χ1v) is 8.55. The summed E-state index contributed by atoms with van der Waals surface area (Å²) >= 11 is 0. The van der Waals surface area contributed by atoms with Gasteiger partial charge in [0.15, 0.2) is 11.5 Å². The van der Waals surface area contributed by atoms with Crippen LogP contribution in [0.3, 0.4) is 0 Å². The number of carbonyl (C=O) groups is 1. The van der Waals surface area contributed by atoms with Crippen LogP contribution in [0.25, 0.3) is 11.3 Å². The van der Waals surface area contributed by atoms with Crippen LogP contribution in [0.4, 0.5) is 0 Å². The van der Waals surface area contributed by atoms with Gasteiger partial charge < -0.3 is 14.2 Å². The first-order valence-electron chi connectivity index (χ1n) is 8.55. The van der Waals surface area contributed by atoms with Gasteiger partial charge in [-0.05, 0) is 6.07 Å². The summed E-state index contributed by atoms with van der Waals surface area (Å²) in [7, 11) is 0. The zero-order chi connectivity index (χ0) is 17.8. The summed E-state index contributed by atoms with van der Waals surface area (Å²) in [6.07, 6.45) is 4.77. The average molecular weight is 350 g/mol. The van der Waals surface area contributed by atoms with Gasteiger partial charge in [0.2, 0.25) is 0 Å². The second-order valence-electron chi connectivity index (χ2n) is 6.08. The summed E-state index contributed by atoms with van der Waals surface area (Å²) < 4.78 is 11.1. The molecule has 26 heavy (non-hydrogen) atoms. The molecule has 1 aliphatic heterocycles. The topological polar surface area (TPSA) is 81.4 Å². The normalized spacial score (nSPS) is 15.0. The number of likely N-dealkylation sites (tertiary alicyclic amines) is 1. The third-order valence-corrected chi connectivity index (χ3v) is 4.33. The van der Waals surface area contributed by atoms with Crippen LogP contribution in [-0.2, 0) is 0 Å². The fourth-order valence-corrected chi connectivity index (χ4v) is 2.95. The van der Waals surface area contributed by atoms with Crippen molar-refractivity contribution in [2.75, 3.05) is 13.1 Å². The van der Waals surface area contributed by atoms with Crippen molar-refractivity contribution in [1.82, 2.24) is 20.0 Å². The Morgan fingerprint density at radius 1 is 1.08 bits per heavy atom. The van der Waals surface area contributed by atoms with Crippen molar-refractivity contribution in [2.45, 2.75) is 18.9 Å². The van der Waals surface area contributed by atoms with E-state index in [4.69, 9.17) is 9.26 Å². The van der Waals surface area contributed by atoms with Crippen molar-refractivity contribution in [3.8, 4) is 17.3 Å². The SMILES string of the molecule is O=C(c1cc(-c2ccccc2)on1)N1CCC(Oc2ncccn2)CC1. The molecule has 0 atom stereocenters. The van der Waals surface area contributed by atoms with E-state index in [0.29, 0.717) is 30.6 Å². The molecule has 1 fully saturated rings. The molecule has 0 saturated carbocycles. The van der Waals surface area contributed by atoms with E-state index in [2.05, 4.69) is 15.1 Å². The minimum Gasteiger partial charge on any atom is -0.460 e. The number of aromatic nitrogens is 3. The number of hydrogen-bond donors (Lipinski definition) is 0. The summed E-state index contributed by atoms with van der Waals surface area (Å²) in [5.41, 5.74) is 1.23. The standard InChI is InChI=1S/C19H18N4O3/c24-18(16-13-17(26-22-16)14-5-2-1-3-6-14)23-11-7-15(8-12-23)25-19-20-9-4-10-21-19/h1-6,9-10,13,15H,7-8,11-12H2. The monoisotopic (exact) mass is 350 g/mol. The number of amides is 1. The number of carbonyl (C=O) groups excluding carboxylic acids is 1. The minimum atomic E-state index is -0.120. The summed E-state index contributed by atoms with van der Waals surface area (Å²) in [5.74, 6) is 0.471. The van der Waals surface area contributed by atoms with Gasteiger partial charge in [-0.2, -0.15) is 0 Å². The Labute approximate surface area is 150 Å². The summed E-state index contributed by atoms with van der Waals surface area (Å²) in [6.45, 7) is 1.20. The third kappa shape index (κ3) is 3.56. The van der Waals surface area contributed by atoms with Crippen molar-refractivity contribution in [3.05, 3.63) is 60.6 Å². The molecule has 3 aromatic rings. The van der Waals surface area contributed by atoms with E-state index in [1.165, 1.54) is 0 Å². The van der Waals surface area contributed by atoms with Crippen LogP contribution in [0.5, 0.6) is 6.01 Å². The van der Waals surface area contributed by atoms with E-state index in [-0.39, 0.29) is 12.0 Å². The first-order chi connectivity index (χ1) is 12.8. The molecule has 1 saturated heterocycles. The molecule has 0 aliphatic carbocycles. The number of hydrogen-bond acceptors (Lipinski definition) is 6.